The van der Waals surface area contributed by atoms with Gasteiger partial charge in [-0.05, 0) is 43.3 Å². The minimum absolute atomic E-state index is 0.158. The number of benzene rings is 1. The van der Waals surface area contributed by atoms with E-state index < -0.39 is 5.97 Å². The summed E-state index contributed by atoms with van der Waals surface area (Å²) < 4.78 is 20.5. The first-order valence-electron chi connectivity index (χ1n) is 6.33. The van der Waals surface area contributed by atoms with E-state index in [0.29, 0.717) is 22.8 Å². The maximum absolute atomic E-state index is 13.5. The number of furan rings is 1. The third kappa shape index (κ3) is 2.23. The number of nitrogens with zero attached hydrogens (tertiary/aromatic N) is 1. The van der Waals surface area contributed by atoms with E-state index in [0.717, 1.165) is 0 Å². The molecule has 106 valence electrons. The number of aromatic carboxylic acids is 1. The Kier molecular flexibility index (Phi) is 3.10. The molecule has 0 spiro atoms. The van der Waals surface area contributed by atoms with Crippen molar-refractivity contribution in [3.63, 3.8) is 0 Å². The van der Waals surface area contributed by atoms with Crippen molar-refractivity contribution in [1.29, 1.82) is 0 Å². The number of hydrogen-bond acceptors (Lipinski definition) is 2. The lowest BCUT2D eigenvalue weighted by Gasteiger charge is -2.10. The number of carboxylic acid groups (broad SMARTS) is 1. The SMILES string of the molecule is Cc1c(C(=O)O)cc(-c2ccco2)n1-c1cccc(F)c1. The lowest BCUT2D eigenvalue weighted by Crippen LogP contribution is -2.02. The molecule has 0 amide bonds. The lowest BCUT2D eigenvalue weighted by molar-refractivity contribution is 0.0696. The zero-order valence-electron chi connectivity index (χ0n) is 11.2. The van der Waals surface area contributed by atoms with Crippen LogP contribution in [0, 0.1) is 12.7 Å². The van der Waals surface area contributed by atoms with Crippen LogP contribution in [0.4, 0.5) is 4.39 Å². The first-order chi connectivity index (χ1) is 10.1. The molecule has 0 saturated carbocycles. The lowest BCUT2D eigenvalue weighted by atomic mass is 10.2. The summed E-state index contributed by atoms with van der Waals surface area (Å²) in [4.78, 5) is 11.3. The van der Waals surface area contributed by atoms with Gasteiger partial charge in [-0.1, -0.05) is 6.07 Å². The fraction of sp³-hybridized carbons (Fsp3) is 0.0625. The molecule has 0 atom stereocenters. The molecule has 0 unspecified atom stereocenters. The van der Waals surface area contributed by atoms with Crippen molar-refractivity contribution >= 4 is 5.97 Å². The highest BCUT2D eigenvalue weighted by Gasteiger charge is 2.20. The molecular weight excluding hydrogens is 273 g/mol. The zero-order valence-corrected chi connectivity index (χ0v) is 11.2. The Morgan fingerprint density at radius 3 is 2.67 bits per heavy atom. The van der Waals surface area contributed by atoms with Gasteiger partial charge in [0.2, 0.25) is 0 Å². The van der Waals surface area contributed by atoms with Gasteiger partial charge in [-0.15, -0.1) is 0 Å². The number of aromatic nitrogens is 1. The Balaban J connectivity index is 2.29. The monoisotopic (exact) mass is 285 g/mol. The van der Waals surface area contributed by atoms with E-state index in [2.05, 4.69) is 0 Å². The maximum atomic E-state index is 13.5. The number of hydrogen-bond donors (Lipinski definition) is 1. The Labute approximate surface area is 120 Å². The summed E-state index contributed by atoms with van der Waals surface area (Å²) in [5.41, 5.74) is 1.79. The molecule has 0 aliphatic carbocycles. The van der Waals surface area contributed by atoms with Gasteiger partial charge in [-0.3, -0.25) is 0 Å². The molecule has 0 radical (unpaired) electrons. The predicted octanol–water partition coefficient (Wildman–Crippen LogP) is 3.88. The van der Waals surface area contributed by atoms with E-state index in [4.69, 9.17) is 4.42 Å². The average molecular weight is 285 g/mol. The van der Waals surface area contributed by atoms with Crippen LogP contribution in [0.1, 0.15) is 16.1 Å². The molecule has 0 saturated heterocycles. The number of halogens is 1. The summed E-state index contributed by atoms with van der Waals surface area (Å²) in [6.07, 6.45) is 1.51. The first-order valence-corrected chi connectivity index (χ1v) is 6.33. The van der Waals surface area contributed by atoms with Crippen LogP contribution in [0.5, 0.6) is 0 Å². The Morgan fingerprint density at radius 2 is 2.05 bits per heavy atom. The topological polar surface area (TPSA) is 55.4 Å². The van der Waals surface area contributed by atoms with Crippen LogP contribution < -0.4 is 0 Å². The average Bonchev–Trinajstić information content (AvgIpc) is 3.05. The van der Waals surface area contributed by atoms with Crippen LogP contribution in [0.15, 0.2) is 53.1 Å². The Bertz CT molecular complexity index is 803. The third-order valence-electron chi connectivity index (χ3n) is 3.32. The second-order valence-electron chi connectivity index (χ2n) is 4.63. The minimum atomic E-state index is -1.03. The van der Waals surface area contributed by atoms with E-state index >= 15 is 0 Å². The summed E-state index contributed by atoms with van der Waals surface area (Å²) in [6.45, 7) is 1.68. The fourth-order valence-electron chi connectivity index (χ4n) is 2.38. The minimum Gasteiger partial charge on any atom is -0.478 e. The van der Waals surface area contributed by atoms with Gasteiger partial charge in [-0.2, -0.15) is 0 Å². The van der Waals surface area contributed by atoms with Crippen LogP contribution in [0.25, 0.3) is 17.1 Å². The molecule has 0 bridgehead atoms. The van der Waals surface area contributed by atoms with Gasteiger partial charge in [0.25, 0.3) is 0 Å². The molecule has 2 aromatic heterocycles. The van der Waals surface area contributed by atoms with Gasteiger partial charge in [0, 0.05) is 11.4 Å². The highest BCUT2D eigenvalue weighted by Crippen LogP contribution is 2.30. The largest absolute Gasteiger partial charge is 0.478 e. The zero-order chi connectivity index (χ0) is 15.0. The van der Waals surface area contributed by atoms with Gasteiger partial charge in [0.15, 0.2) is 5.76 Å². The molecule has 5 heteroatoms. The molecule has 4 nitrogen and oxygen atoms in total. The molecular formula is C16H12FNO3. The molecule has 3 rings (SSSR count). The van der Waals surface area contributed by atoms with Crippen molar-refractivity contribution in [3.8, 4) is 17.1 Å². The number of carboxylic acids is 1. The summed E-state index contributed by atoms with van der Waals surface area (Å²) in [5.74, 6) is -0.895. The highest BCUT2D eigenvalue weighted by atomic mass is 19.1. The van der Waals surface area contributed by atoms with Crippen molar-refractivity contribution < 1.29 is 18.7 Å². The predicted molar refractivity (Wildman–Crippen MR) is 75.1 cm³/mol. The molecule has 1 aromatic carbocycles. The summed E-state index contributed by atoms with van der Waals surface area (Å²) in [6, 6.07) is 11.0. The van der Waals surface area contributed by atoms with Gasteiger partial charge >= 0.3 is 5.97 Å². The van der Waals surface area contributed by atoms with Crippen LogP contribution in [0.2, 0.25) is 0 Å². The van der Waals surface area contributed by atoms with Crippen molar-refractivity contribution in [3.05, 3.63) is 65.8 Å². The standard InChI is InChI=1S/C16H12FNO3/c1-10-13(16(19)20)9-14(15-6-3-7-21-15)18(10)12-5-2-4-11(17)8-12/h2-9H,1H3,(H,19,20). The Morgan fingerprint density at radius 1 is 1.24 bits per heavy atom. The molecule has 0 aliphatic heterocycles. The molecule has 3 aromatic rings. The van der Waals surface area contributed by atoms with Crippen LogP contribution in [-0.2, 0) is 0 Å². The molecule has 2 heterocycles. The Hall–Kier alpha value is -2.82. The van der Waals surface area contributed by atoms with Gasteiger partial charge in [-0.25, -0.2) is 9.18 Å². The van der Waals surface area contributed by atoms with Crippen molar-refractivity contribution in [2.75, 3.05) is 0 Å². The second kappa shape index (κ2) is 4.94. The van der Waals surface area contributed by atoms with E-state index in [9.17, 15) is 14.3 Å². The van der Waals surface area contributed by atoms with Crippen molar-refractivity contribution in [2.45, 2.75) is 6.92 Å². The van der Waals surface area contributed by atoms with Gasteiger partial charge in [0.1, 0.15) is 5.82 Å². The van der Waals surface area contributed by atoms with Crippen molar-refractivity contribution in [2.24, 2.45) is 0 Å². The summed E-state index contributed by atoms with van der Waals surface area (Å²) >= 11 is 0. The fourth-order valence-corrected chi connectivity index (χ4v) is 2.38. The van der Waals surface area contributed by atoms with Crippen LogP contribution in [-0.4, -0.2) is 15.6 Å². The second-order valence-corrected chi connectivity index (χ2v) is 4.63. The first kappa shape index (κ1) is 13.2. The van der Waals surface area contributed by atoms with E-state index in [1.165, 1.54) is 24.5 Å². The van der Waals surface area contributed by atoms with E-state index in [1.54, 1.807) is 35.8 Å². The third-order valence-corrected chi connectivity index (χ3v) is 3.32. The number of carbonyl (C=O) groups is 1. The highest BCUT2D eigenvalue weighted by molar-refractivity contribution is 5.91. The van der Waals surface area contributed by atoms with E-state index in [1.807, 2.05) is 0 Å². The summed E-state index contributed by atoms with van der Waals surface area (Å²) in [5, 5.41) is 9.28. The normalized spacial score (nSPS) is 10.8. The quantitative estimate of drug-likeness (QED) is 0.794. The molecule has 21 heavy (non-hydrogen) atoms. The maximum Gasteiger partial charge on any atom is 0.337 e. The van der Waals surface area contributed by atoms with Crippen LogP contribution in [0.3, 0.4) is 0 Å². The van der Waals surface area contributed by atoms with E-state index in [-0.39, 0.29) is 11.4 Å². The number of rotatable bonds is 3. The molecule has 0 fully saturated rings. The van der Waals surface area contributed by atoms with Crippen LogP contribution >= 0.6 is 0 Å². The molecule has 1 N–H and O–H groups in total. The van der Waals surface area contributed by atoms with Crippen molar-refractivity contribution in [1.82, 2.24) is 4.57 Å². The molecule has 0 aliphatic rings. The van der Waals surface area contributed by atoms with Gasteiger partial charge < -0.3 is 14.1 Å². The summed E-state index contributed by atoms with van der Waals surface area (Å²) in [7, 11) is 0. The van der Waals surface area contributed by atoms with Gasteiger partial charge in [0.05, 0.1) is 17.5 Å². The smallest absolute Gasteiger partial charge is 0.337 e.